The normalized spacial score (nSPS) is 8.80. The van der Waals surface area contributed by atoms with Crippen molar-refractivity contribution in [1.82, 2.24) is 0 Å². The number of esters is 1. The molecule has 0 radical (unpaired) electrons. The third kappa shape index (κ3) is 2.68. The Balaban J connectivity index is 4.01. The summed E-state index contributed by atoms with van der Waals surface area (Å²) in [5, 5.41) is 0. The maximum Gasteiger partial charge on any atom is 0.378 e. The Morgan fingerprint density at radius 1 is 1.60 bits per heavy atom. The molecule has 3 nitrogen and oxygen atoms in total. The standard InChI is InChI=1S/C7H6O3/c1-3-4-5-6(8)7(9)10-2/h1,4-5H,2H3. The van der Waals surface area contributed by atoms with Crippen molar-refractivity contribution in [2.24, 2.45) is 0 Å². The number of terminal acetylenes is 1. The fraction of sp³-hybridized carbons (Fsp3) is 0.143. The van der Waals surface area contributed by atoms with E-state index in [4.69, 9.17) is 6.42 Å². The Labute approximate surface area is 58.7 Å². The fourth-order valence-corrected chi connectivity index (χ4v) is 0.292. The molecule has 0 atom stereocenters. The van der Waals surface area contributed by atoms with Crippen molar-refractivity contribution in [1.29, 1.82) is 0 Å². The number of hydrogen-bond acceptors (Lipinski definition) is 3. The molecule has 0 saturated carbocycles. The van der Waals surface area contributed by atoms with E-state index in [9.17, 15) is 9.59 Å². The van der Waals surface area contributed by atoms with E-state index in [-0.39, 0.29) is 0 Å². The lowest BCUT2D eigenvalue weighted by Gasteiger charge is -1.88. The Morgan fingerprint density at radius 2 is 2.20 bits per heavy atom. The number of methoxy groups -OCH3 is 1. The Kier molecular flexibility index (Phi) is 3.66. The molecule has 0 N–H and O–H groups in total. The van der Waals surface area contributed by atoms with Gasteiger partial charge in [-0.2, -0.15) is 0 Å². The van der Waals surface area contributed by atoms with Crippen molar-refractivity contribution < 1.29 is 14.3 Å². The van der Waals surface area contributed by atoms with Gasteiger partial charge in [-0.15, -0.1) is 6.42 Å². The van der Waals surface area contributed by atoms with Crippen LogP contribution in [0.25, 0.3) is 0 Å². The van der Waals surface area contributed by atoms with Crippen LogP contribution in [0.2, 0.25) is 0 Å². The van der Waals surface area contributed by atoms with Crippen LogP contribution in [0.15, 0.2) is 12.2 Å². The van der Waals surface area contributed by atoms with Crippen LogP contribution in [0.1, 0.15) is 0 Å². The monoisotopic (exact) mass is 138 g/mol. The average molecular weight is 138 g/mol. The van der Waals surface area contributed by atoms with Gasteiger partial charge >= 0.3 is 5.97 Å². The SMILES string of the molecule is C#CC=CC(=O)C(=O)OC. The van der Waals surface area contributed by atoms with E-state index in [2.05, 4.69) is 10.7 Å². The van der Waals surface area contributed by atoms with Crippen molar-refractivity contribution in [3.63, 3.8) is 0 Å². The molecule has 0 aromatic heterocycles. The molecule has 0 spiro atoms. The molecule has 0 aromatic carbocycles. The second-order valence-corrected chi connectivity index (χ2v) is 1.36. The molecule has 0 heterocycles. The molecular formula is C7H6O3. The molecule has 10 heavy (non-hydrogen) atoms. The number of carbonyl (C=O) groups is 2. The summed E-state index contributed by atoms with van der Waals surface area (Å²) in [6, 6.07) is 0. The van der Waals surface area contributed by atoms with Gasteiger partial charge in [0.2, 0.25) is 0 Å². The van der Waals surface area contributed by atoms with Crippen LogP contribution in [0.5, 0.6) is 0 Å². The van der Waals surface area contributed by atoms with Gasteiger partial charge in [-0.05, 0) is 6.08 Å². The molecule has 0 unspecified atom stereocenters. The highest BCUT2D eigenvalue weighted by atomic mass is 16.5. The van der Waals surface area contributed by atoms with Crippen molar-refractivity contribution in [2.75, 3.05) is 7.11 Å². The summed E-state index contributed by atoms with van der Waals surface area (Å²) in [6.07, 6.45) is 6.89. The van der Waals surface area contributed by atoms with Gasteiger partial charge in [0.1, 0.15) is 0 Å². The van der Waals surface area contributed by atoms with E-state index in [0.717, 1.165) is 19.3 Å². The molecule has 0 aliphatic rings. The Bertz CT molecular complexity index is 207. The number of allylic oxidation sites excluding steroid dienone is 1. The lowest BCUT2D eigenvalue weighted by atomic mass is 10.3. The van der Waals surface area contributed by atoms with Gasteiger partial charge in [0.05, 0.1) is 7.11 Å². The summed E-state index contributed by atoms with van der Waals surface area (Å²) < 4.78 is 4.10. The first kappa shape index (κ1) is 8.44. The van der Waals surface area contributed by atoms with E-state index in [1.54, 1.807) is 0 Å². The highest BCUT2D eigenvalue weighted by Crippen LogP contribution is 1.79. The molecule has 0 fully saturated rings. The van der Waals surface area contributed by atoms with Crippen LogP contribution in [0.4, 0.5) is 0 Å². The number of ether oxygens (including phenoxy) is 1. The highest BCUT2D eigenvalue weighted by molar-refractivity contribution is 6.38. The quantitative estimate of drug-likeness (QED) is 0.232. The van der Waals surface area contributed by atoms with E-state index in [0.29, 0.717) is 0 Å². The molecular weight excluding hydrogens is 132 g/mol. The van der Waals surface area contributed by atoms with E-state index in [1.165, 1.54) is 0 Å². The first-order valence-electron chi connectivity index (χ1n) is 2.47. The lowest BCUT2D eigenvalue weighted by molar-refractivity contribution is -0.149. The number of rotatable bonds is 2. The minimum absolute atomic E-state index is 0.750. The second kappa shape index (κ2) is 4.33. The lowest BCUT2D eigenvalue weighted by Crippen LogP contribution is -2.11. The van der Waals surface area contributed by atoms with Gasteiger partial charge in [-0.25, -0.2) is 4.79 Å². The molecule has 0 aromatic rings. The van der Waals surface area contributed by atoms with Gasteiger partial charge in [-0.1, -0.05) is 5.92 Å². The first-order valence-corrected chi connectivity index (χ1v) is 2.47. The fourth-order valence-electron chi connectivity index (χ4n) is 0.292. The van der Waals surface area contributed by atoms with Crippen LogP contribution < -0.4 is 0 Å². The zero-order valence-electron chi connectivity index (χ0n) is 5.46. The van der Waals surface area contributed by atoms with Crippen molar-refractivity contribution in [3.05, 3.63) is 12.2 Å². The minimum atomic E-state index is -0.911. The summed E-state index contributed by atoms with van der Waals surface area (Å²) in [4.78, 5) is 20.8. The summed E-state index contributed by atoms with van der Waals surface area (Å²) in [7, 11) is 1.13. The van der Waals surface area contributed by atoms with Crippen molar-refractivity contribution >= 4 is 11.8 Å². The summed E-state index contributed by atoms with van der Waals surface area (Å²) in [6.45, 7) is 0. The van der Waals surface area contributed by atoms with Crippen LogP contribution in [0, 0.1) is 12.3 Å². The van der Waals surface area contributed by atoms with Gasteiger partial charge in [0.15, 0.2) is 0 Å². The molecule has 0 aliphatic carbocycles. The van der Waals surface area contributed by atoms with Gasteiger partial charge < -0.3 is 4.74 Å². The Morgan fingerprint density at radius 3 is 2.60 bits per heavy atom. The molecule has 0 rings (SSSR count). The smallest absolute Gasteiger partial charge is 0.378 e. The summed E-state index contributed by atoms with van der Waals surface area (Å²) in [5.74, 6) is 0.408. The Hall–Kier alpha value is -1.56. The van der Waals surface area contributed by atoms with Crippen LogP contribution in [-0.2, 0) is 14.3 Å². The van der Waals surface area contributed by atoms with Crippen LogP contribution in [0.3, 0.4) is 0 Å². The maximum atomic E-state index is 10.5. The van der Waals surface area contributed by atoms with Crippen molar-refractivity contribution in [2.45, 2.75) is 0 Å². The van der Waals surface area contributed by atoms with E-state index >= 15 is 0 Å². The largest absolute Gasteiger partial charge is 0.463 e. The van der Waals surface area contributed by atoms with Gasteiger partial charge in [0, 0.05) is 6.08 Å². The molecule has 0 amide bonds. The first-order chi connectivity index (χ1) is 4.72. The van der Waals surface area contributed by atoms with Crippen LogP contribution in [-0.4, -0.2) is 18.9 Å². The molecule has 52 valence electrons. The van der Waals surface area contributed by atoms with Crippen molar-refractivity contribution in [3.8, 4) is 12.3 Å². The summed E-state index contributed by atoms with van der Waals surface area (Å²) in [5.41, 5.74) is 0. The zero-order valence-corrected chi connectivity index (χ0v) is 5.46. The predicted octanol–water partition coefficient (Wildman–Crippen LogP) is -0.0821. The maximum absolute atomic E-state index is 10.5. The molecule has 0 saturated heterocycles. The zero-order chi connectivity index (χ0) is 7.98. The van der Waals surface area contributed by atoms with Gasteiger partial charge in [0.25, 0.3) is 5.78 Å². The summed E-state index contributed by atoms with van der Waals surface area (Å²) >= 11 is 0. The number of ketones is 1. The average Bonchev–Trinajstić information content (AvgIpc) is 1.98. The minimum Gasteiger partial charge on any atom is -0.463 e. The highest BCUT2D eigenvalue weighted by Gasteiger charge is 2.07. The van der Waals surface area contributed by atoms with Crippen LogP contribution >= 0.6 is 0 Å². The second-order valence-electron chi connectivity index (χ2n) is 1.36. The molecule has 0 aliphatic heterocycles. The predicted molar refractivity (Wildman–Crippen MR) is 35.0 cm³/mol. The topological polar surface area (TPSA) is 43.4 Å². The van der Waals surface area contributed by atoms with Gasteiger partial charge in [-0.3, -0.25) is 4.79 Å². The third-order valence-electron chi connectivity index (χ3n) is 0.718. The third-order valence-corrected chi connectivity index (χ3v) is 0.718. The van der Waals surface area contributed by atoms with E-state index < -0.39 is 11.8 Å². The molecule has 0 bridgehead atoms. The molecule has 3 heteroatoms. The number of hydrogen-bond donors (Lipinski definition) is 0. The van der Waals surface area contributed by atoms with E-state index in [1.807, 2.05) is 0 Å². The number of carbonyl (C=O) groups excluding carboxylic acids is 2.